The van der Waals surface area contributed by atoms with E-state index in [0.29, 0.717) is 18.5 Å². The van der Waals surface area contributed by atoms with Crippen molar-refractivity contribution < 1.29 is 8.42 Å². The average Bonchev–Trinajstić information content (AvgIpc) is 2.13. The number of sulfone groups is 1. The smallest absolute Gasteiger partial charge is 0.148 e. The lowest BCUT2D eigenvalue weighted by molar-refractivity contribution is 0.209. The Balaban J connectivity index is 3.59. The van der Waals surface area contributed by atoms with Crippen LogP contribution in [0.4, 0.5) is 0 Å². The van der Waals surface area contributed by atoms with Crippen LogP contribution in [0.3, 0.4) is 0 Å². The summed E-state index contributed by atoms with van der Waals surface area (Å²) in [6.07, 6.45) is 1.27. The molecule has 1 N–H and O–H groups in total. The van der Waals surface area contributed by atoms with Crippen LogP contribution in [-0.2, 0) is 9.84 Å². The first-order chi connectivity index (χ1) is 7.24. The van der Waals surface area contributed by atoms with Crippen LogP contribution in [0.2, 0.25) is 0 Å². The highest BCUT2D eigenvalue weighted by Gasteiger charge is 2.11. The molecule has 98 valence electrons. The molecule has 0 fully saturated rings. The van der Waals surface area contributed by atoms with Gasteiger partial charge in [0.2, 0.25) is 0 Å². The van der Waals surface area contributed by atoms with Crippen molar-refractivity contribution in [1.29, 1.82) is 0 Å². The van der Waals surface area contributed by atoms with Crippen molar-refractivity contribution in [3.63, 3.8) is 0 Å². The van der Waals surface area contributed by atoms with E-state index in [4.69, 9.17) is 0 Å². The maximum atomic E-state index is 10.9. The summed E-state index contributed by atoms with van der Waals surface area (Å²) in [6, 6.07) is 0.553. The predicted molar refractivity (Wildman–Crippen MR) is 69.5 cm³/mol. The maximum absolute atomic E-state index is 10.9. The molecular weight excluding hydrogens is 224 g/mol. The molecule has 0 aromatic heterocycles. The Hall–Kier alpha value is -0.130. The molecule has 0 amide bonds. The van der Waals surface area contributed by atoms with E-state index < -0.39 is 9.84 Å². The zero-order chi connectivity index (χ0) is 12.8. The van der Waals surface area contributed by atoms with Gasteiger partial charge in [0, 0.05) is 31.9 Å². The van der Waals surface area contributed by atoms with Crippen LogP contribution in [0.25, 0.3) is 0 Å². The largest absolute Gasteiger partial charge is 0.314 e. The standard InChI is InChI=1S/C11H26N2O2S/c1-10(2)11(3)13(4)8-6-12-7-9-16(5,14)15/h10-12H,6-9H2,1-5H3. The molecule has 0 aliphatic carbocycles. The second kappa shape index (κ2) is 7.25. The van der Waals surface area contributed by atoms with Crippen molar-refractivity contribution >= 4 is 9.84 Å². The molecule has 0 aromatic rings. The summed E-state index contributed by atoms with van der Waals surface area (Å²) in [6.45, 7) is 8.95. The average molecular weight is 250 g/mol. The van der Waals surface area contributed by atoms with Gasteiger partial charge in [-0.2, -0.15) is 0 Å². The first-order valence-electron chi connectivity index (χ1n) is 5.82. The lowest BCUT2D eigenvalue weighted by Crippen LogP contribution is -2.38. The summed E-state index contributed by atoms with van der Waals surface area (Å²) in [4.78, 5) is 2.29. The Morgan fingerprint density at radius 1 is 1.19 bits per heavy atom. The van der Waals surface area contributed by atoms with Gasteiger partial charge in [0.25, 0.3) is 0 Å². The summed E-state index contributed by atoms with van der Waals surface area (Å²) < 4.78 is 21.8. The summed E-state index contributed by atoms with van der Waals surface area (Å²) >= 11 is 0. The van der Waals surface area contributed by atoms with Gasteiger partial charge >= 0.3 is 0 Å². The van der Waals surface area contributed by atoms with Crippen molar-refractivity contribution in [2.45, 2.75) is 26.8 Å². The fraction of sp³-hybridized carbons (Fsp3) is 1.00. The van der Waals surface area contributed by atoms with Crippen LogP contribution in [0, 0.1) is 5.92 Å². The molecule has 0 aliphatic heterocycles. The molecular formula is C11H26N2O2S. The van der Waals surface area contributed by atoms with E-state index in [2.05, 4.69) is 38.0 Å². The Morgan fingerprint density at radius 2 is 1.75 bits per heavy atom. The minimum Gasteiger partial charge on any atom is -0.314 e. The SMILES string of the molecule is CC(C)C(C)N(C)CCNCCS(C)(=O)=O. The van der Waals surface area contributed by atoms with Gasteiger partial charge in [-0.1, -0.05) is 13.8 Å². The van der Waals surface area contributed by atoms with E-state index >= 15 is 0 Å². The van der Waals surface area contributed by atoms with Gasteiger partial charge in [-0.25, -0.2) is 8.42 Å². The Kier molecular flexibility index (Phi) is 7.19. The lowest BCUT2D eigenvalue weighted by Gasteiger charge is -2.27. The van der Waals surface area contributed by atoms with E-state index in [9.17, 15) is 8.42 Å². The van der Waals surface area contributed by atoms with Gasteiger partial charge in [0.05, 0.1) is 5.75 Å². The van der Waals surface area contributed by atoms with Gasteiger partial charge in [0.15, 0.2) is 0 Å². The Labute approximate surface area is 100 Å². The molecule has 1 unspecified atom stereocenters. The molecule has 4 nitrogen and oxygen atoms in total. The van der Waals surface area contributed by atoms with Crippen LogP contribution in [0.15, 0.2) is 0 Å². The van der Waals surface area contributed by atoms with Gasteiger partial charge in [0.1, 0.15) is 9.84 Å². The van der Waals surface area contributed by atoms with Crippen molar-refractivity contribution in [1.82, 2.24) is 10.2 Å². The molecule has 0 aromatic carbocycles. The first kappa shape index (κ1) is 15.9. The van der Waals surface area contributed by atoms with Gasteiger partial charge in [-0.15, -0.1) is 0 Å². The van der Waals surface area contributed by atoms with Crippen LogP contribution in [-0.4, -0.2) is 58.1 Å². The van der Waals surface area contributed by atoms with Gasteiger partial charge < -0.3 is 10.2 Å². The number of nitrogens with one attached hydrogen (secondary N) is 1. The van der Waals surface area contributed by atoms with E-state index in [1.54, 1.807) is 0 Å². The first-order valence-corrected chi connectivity index (χ1v) is 7.88. The normalized spacial score (nSPS) is 14.7. The van der Waals surface area contributed by atoms with Crippen LogP contribution in [0.5, 0.6) is 0 Å². The third-order valence-electron chi connectivity index (χ3n) is 2.95. The molecule has 0 bridgehead atoms. The number of likely N-dealkylation sites (N-methyl/N-ethyl adjacent to an activating group) is 1. The highest BCUT2D eigenvalue weighted by Crippen LogP contribution is 2.06. The van der Waals surface area contributed by atoms with Gasteiger partial charge in [-0.05, 0) is 19.9 Å². The monoisotopic (exact) mass is 250 g/mol. The minimum atomic E-state index is -2.83. The second-order valence-electron chi connectivity index (χ2n) is 4.85. The van der Waals surface area contributed by atoms with Crippen LogP contribution >= 0.6 is 0 Å². The van der Waals surface area contributed by atoms with E-state index in [1.165, 1.54) is 6.26 Å². The molecule has 1 atom stereocenters. The van der Waals surface area contributed by atoms with Crippen molar-refractivity contribution in [2.24, 2.45) is 5.92 Å². The second-order valence-corrected chi connectivity index (χ2v) is 7.10. The van der Waals surface area contributed by atoms with Crippen molar-refractivity contribution in [3.05, 3.63) is 0 Å². The van der Waals surface area contributed by atoms with Gasteiger partial charge in [-0.3, -0.25) is 0 Å². The molecule has 16 heavy (non-hydrogen) atoms. The third-order valence-corrected chi connectivity index (χ3v) is 3.90. The quantitative estimate of drug-likeness (QED) is 0.641. The molecule has 0 aliphatic rings. The molecule has 0 saturated carbocycles. The molecule has 0 spiro atoms. The minimum absolute atomic E-state index is 0.219. The highest BCUT2D eigenvalue weighted by atomic mass is 32.2. The summed E-state index contributed by atoms with van der Waals surface area (Å²) in [5.74, 6) is 0.859. The summed E-state index contributed by atoms with van der Waals surface area (Å²) in [5, 5.41) is 3.15. The number of hydrogen-bond donors (Lipinski definition) is 1. The van der Waals surface area contributed by atoms with Crippen molar-refractivity contribution in [3.8, 4) is 0 Å². The fourth-order valence-corrected chi connectivity index (χ4v) is 1.87. The third kappa shape index (κ3) is 8.07. The van der Waals surface area contributed by atoms with Crippen LogP contribution < -0.4 is 5.32 Å². The van der Waals surface area contributed by atoms with Crippen molar-refractivity contribution in [2.75, 3.05) is 38.7 Å². The van der Waals surface area contributed by atoms with E-state index in [-0.39, 0.29) is 5.75 Å². The van der Waals surface area contributed by atoms with E-state index in [1.807, 2.05) is 0 Å². The Morgan fingerprint density at radius 3 is 2.19 bits per heavy atom. The van der Waals surface area contributed by atoms with Crippen LogP contribution in [0.1, 0.15) is 20.8 Å². The number of hydrogen-bond acceptors (Lipinski definition) is 4. The maximum Gasteiger partial charge on any atom is 0.148 e. The molecule has 0 saturated heterocycles. The summed E-state index contributed by atoms with van der Waals surface area (Å²) in [7, 11) is -0.731. The zero-order valence-corrected chi connectivity index (χ0v) is 12.0. The zero-order valence-electron chi connectivity index (χ0n) is 11.2. The molecule has 5 heteroatoms. The number of nitrogens with zero attached hydrogens (tertiary/aromatic N) is 1. The molecule has 0 rings (SSSR count). The Bertz CT molecular complexity index is 276. The summed E-state index contributed by atoms with van der Waals surface area (Å²) in [5.41, 5.74) is 0. The fourth-order valence-electron chi connectivity index (χ4n) is 1.35. The van der Waals surface area contributed by atoms with E-state index in [0.717, 1.165) is 13.1 Å². The predicted octanol–water partition coefficient (Wildman–Crippen LogP) is 0.597. The topological polar surface area (TPSA) is 49.4 Å². The highest BCUT2D eigenvalue weighted by molar-refractivity contribution is 7.90. The molecule has 0 heterocycles. The lowest BCUT2D eigenvalue weighted by atomic mass is 10.1. The number of rotatable bonds is 8. The molecule has 0 radical (unpaired) electrons.